The third-order valence-corrected chi connectivity index (χ3v) is 3.40. The number of anilines is 2. The average molecular weight is 289 g/mol. The zero-order valence-electron chi connectivity index (χ0n) is 11.3. The van der Waals surface area contributed by atoms with Crippen LogP contribution < -0.4 is 10.6 Å². The van der Waals surface area contributed by atoms with E-state index < -0.39 is 11.9 Å². The van der Waals surface area contributed by atoms with Gasteiger partial charge in [0.15, 0.2) is 0 Å². The van der Waals surface area contributed by atoms with Gasteiger partial charge >= 0.3 is 6.18 Å². The van der Waals surface area contributed by atoms with Crippen molar-refractivity contribution in [2.24, 2.45) is 5.92 Å². The monoisotopic (exact) mass is 289 g/mol. The molecule has 1 saturated heterocycles. The van der Waals surface area contributed by atoms with Gasteiger partial charge in [-0.1, -0.05) is 0 Å². The lowest BCUT2D eigenvalue weighted by atomic mass is 10.0. The molecule has 0 saturated carbocycles. The second kappa shape index (κ2) is 5.87. The van der Waals surface area contributed by atoms with Gasteiger partial charge in [0.2, 0.25) is 0 Å². The van der Waals surface area contributed by atoms with Gasteiger partial charge in [0.25, 0.3) is 0 Å². The van der Waals surface area contributed by atoms with Crippen LogP contribution >= 0.6 is 0 Å². The average Bonchev–Trinajstić information content (AvgIpc) is 2.39. The Balaban J connectivity index is 2.13. The number of alkyl halides is 3. The highest BCUT2D eigenvalue weighted by atomic mass is 19.4. The predicted octanol–water partition coefficient (Wildman–Crippen LogP) is 2.55. The van der Waals surface area contributed by atoms with Crippen molar-refractivity contribution in [3.8, 4) is 0 Å². The standard InChI is InChI=1S/C13H18F3N3O/c1-19(7-9-3-2-4-20-8-9)11-5-12(13(14,15)16)18-6-10(11)17/h5-6,9H,2-4,7-8,17H2,1H3. The highest BCUT2D eigenvalue weighted by Gasteiger charge is 2.33. The van der Waals surface area contributed by atoms with E-state index in [1.807, 2.05) is 0 Å². The minimum absolute atomic E-state index is 0.247. The van der Waals surface area contributed by atoms with Gasteiger partial charge in [0.05, 0.1) is 24.2 Å². The van der Waals surface area contributed by atoms with Crippen molar-refractivity contribution in [3.63, 3.8) is 0 Å². The summed E-state index contributed by atoms with van der Waals surface area (Å²) in [5.74, 6) is 0.315. The molecule has 1 unspecified atom stereocenters. The summed E-state index contributed by atoms with van der Waals surface area (Å²) in [6, 6.07) is 0.999. The molecule has 2 N–H and O–H groups in total. The van der Waals surface area contributed by atoms with Crippen molar-refractivity contribution in [2.45, 2.75) is 19.0 Å². The zero-order valence-corrected chi connectivity index (χ0v) is 11.3. The van der Waals surface area contributed by atoms with E-state index in [0.717, 1.165) is 31.7 Å². The number of rotatable bonds is 3. The van der Waals surface area contributed by atoms with Crippen molar-refractivity contribution in [1.82, 2.24) is 4.98 Å². The van der Waals surface area contributed by atoms with E-state index in [-0.39, 0.29) is 5.69 Å². The predicted molar refractivity (Wildman–Crippen MR) is 70.5 cm³/mol. The number of hydrogen-bond donors (Lipinski definition) is 1. The summed E-state index contributed by atoms with van der Waals surface area (Å²) in [6.07, 6.45) is -1.40. The zero-order chi connectivity index (χ0) is 14.8. The third kappa shape index (κ3) is 3.53. The van der Waals surface area contributed by atoms with Crippen LogP contribution in [0, 0.1) is 5.92 Å². The van der Waals surface area contributed by atoms with E-state index in [9.17, 15) is 13.2 Å². The molecular weight excluding hydrogens is 271 g/mol. The summed E-state index contributed by atoms with van der Waals surface area (Å²) in [5.41, 5.74) is 5.42. The first-order valence-corrected chi connectivity index (χ1v) is 6.49. The Morgan fingerprint density at radius 2 is 2.25 bits per heavy atom. The van der Waals surface area contributed by atoms with Gasteiger partial charge in [-0.15, -0.1) is 0 Å². The van der Waals surface area contributed by atoms with E-state index in [1.165, 1.54) is 0 Å². The summed E-state index contributed by atoms with van der Waals surface area (Å²) in [7, 11) is 1.74. The van der Waals surface area contributed by atoms with E-state index in [4.69, 9.17) is 10.5 Å². The molecule has 4 nitrogen and oxygen atoms in total. The molecule has 1 atom stereocenters. The smallest absolute Gasteiger partial charge is 0.396 e. The molecule has 0 radical (unpaired) electrons. The van der Waals surface area contributed by atoms with Crippen molar-refractivity contribution >= 4 is 11.4 Å². The molecule has 0 aliphatic carbocycles. The van der Waals surface area contributed by atoms with Crippen molar-refractivity contribution in [2.75, 3.05) is 37.4 Å². The fourth-order valence-corrected chi connectivity index (χ4v) is 2.38. The summed E-state index contributed by atoms with van der Waals surface area (Å²) in [4.78, 5) is 5.08. The van der Waals surface area contributed by atoms with Gasteiger partial charge in [0, 0.05) is 20.2 Å². The minimum atomic E-state index is -4.46. The van der Waals surface area contributed by atoms with E-state index in [1.54, 1.807) is 11.9 Å². The maximum absolute atomic E-state index is 12.7. The Kier molecular flexibility index (Phi) is 4.37. The molecule has 1 aliphatic rings. The third-order valence-electron chi connectivity index (χ3n) is 3.40. The number of nitrogen functional groups attached to an aromatic ring is 1. The van der Waals surface area contributed by atoms with Crippen LogP contribution in [-0.4, -0.2) is 31.8 Å². The number of nitrogens with zero attached hydrogens (tertiary/aromatic N) is 2. The van der Waals surface area contributed by atoms with E-state index in [2.05, 4.69) is 4.98 Å². The van der Waals surface area contributed by atoms with Crippen LogP contribution in [0.1, 0.15) is 18.5 Å². The first-order valence-electron chi connectivity index (χ1n) is 6.49. The quantitative estimate of drug-likeness (QED) is 0.929. The topological polar surface area (TPSA) is 51.4 Å². The molecule has 0 aromatic carbocycles. The van der Waals surface area contributed by atoms with Crippen LogP contribution in [0.25, 0.3) is 0 Å². The lowest BCUT2D eigenvalue weighted by Gasteiger charge is -2.29. The summed E-state index contributed by atoms with van der Waals surface area (Å²) < 4.78 is 43.4. The normalized spacial score (nSPS) is 19.9. The second-order valence-corrected chi connectivity index (χ2v) is 5.09. The maximum atomic E-state index is 12.7. The summed E-state index contributed by atoms with van der Waals surface area (Å²) in [5, 5.41) is 0. The molecule has 0 spiro atoms. The number of pyridine rings is 1. The molecule has 1 fully saturated rings. The van der Waals surface area contributed by atoms with Gasteiger partial charge in [-0.2, -0.15) is 13.2 Å². The number of nitrogens with two attached hydrogens (primary N) is 1. The Hall–Kier alpha value is -1.50. The van der Waals surface area contributed by atoms with E-state index >= 15 is 0 Å². The van der Waals surface area contributed by atoms with Crippen molar-refractivity contribution in [3.05, 3.63) is 18.0 Å². The molecule has 2 heterocycles. The SMILES string of the molecule is CN(CC1CCCOC1)c1cc(C(F)(F)F)ncc1N. The van der Waals surface area contributed by atoms with Gasteiger partial charge in [0.1, 0.15) is 5.69 Å². The highest BCUT2D eigenvalue weighted by Crippen LogP contribution is 2.32. The molecular formula is C13H18F3N3O. The molecule has 1 aromatic rings. The molecule has 7 heteroatoms. The van der Waals surface area contributed by atoms with Crippen LogP contribution in [0.2, 0.25) is 0 Å². The molecule has 0 amide bonds. The second-order valence-electron chi connectivity index (χ2n) is 5.09. The lowest BCUT2D eigenvalue weighted by Crippen LogP contribution is -2.31. The molecule has 1 aliphatic heterocycles. The first-order chi connectivity index (χ1) is 9.38. The minimum Gasteiger partial charge on any atom is -0.396 e. The maximum Gasteiger partial charge on any atom is 0.433 e. The lowest BCUT2D eigenvalue weighted by molar-refractivity contribution is -0.141. The summed E-state index contributed by atoms with van der Waals surface area (Å²) >= 11 is 0. The van der Waals surface area contributed by atoms with Crippen LogP contribution in [0.3, 0.4) is 0 Å². The van der Waals surface area contributed by atoms with Gasteiger partial charge in [-0.3, -0.25) is 0 Å². The Morgan fingerprint density at radius 1 is 1.50 bits per heavy atom. The van der Waals surface area contributed by atoms with Crippen molar-refractivity contribution < 1.29 is 17.9 Å². The van der Waals surface area contributed by atoms with E-state index in [0.29, 0.717) is 24.8 Å². The van der Waals surface area contributed by atoms with Crippen LogP contribution in [-0.2, 0) is 10.9 Å². The Bertz CT molecular complexity index is 459. The molecule has 20 heavy (non-hydrogen) atoms. The molecule has 112 valence electrons. The van der Waals surface area contributed by atoms with Gasteiger partial charge < -0.3 is 15.4 Å². The molecule has 1 aromatic heterocycles. The fourth-order valence-electron chi connectivity index (χ4n) is 2.38. The number of halogens is 3. The Labute approximate surface area is 115 Å². The van der Waals surface area contributed by atoms with Crippen LogP contribution in [0.4, 0.5) is 24.5 Å². The van der Waals surface area contributed by atoms with Gasteiger partial charge in [-0.05, 0) is 24.8 Å². The summed E-state index contributed by atoms with van der Waals surface area (Å²) in [6.45, 7) is 2.02. The van der Waals surface area contributed by atoms with Crippen LogP contribution in [0.15, 0.2) is 12.3 Å². The molecule has 2 rings (SSSR count). The van der Waals surface area contributed by atoms with Crippen LogP contribution in [0.5, 0.6) is 0 Å². The number of hydrogen-bond acceptors (Lipinski definition) is 4. The van der Waals surface area contributed by atoms with Gasteiger partial charge in [-0.25, -0.2) is 4.98 Å². The largest absolute Gasteiger partial charge is 0.433 e. The van der Waals surface area contributed by atoms with Crippen molar-refractivity contribution in [1.29, 1.82) is 0 Å². The highest BCUT2D eigenvalue weighted by molar-refractivity contribution is 5.66. The number of ether oxygens (including phenoxy) is 1. The fraction of sp³-hybridized carbons (Fsp3) is 0.615. The Morgan fingerprint density at radius 3 is 2.85 bits per heavy atom. The first kappa shape index (κ1) is 14.9. The number of aromatic nitrogens is 1. The molecule has 0 bridgehead atoms.